The van der Waals surface area contributed by atoms with Crippen molar-refractivity contribution in [2.75, 3.05) is 5.32 Å². The largest absolute Gasteiger partial charge is 0.454 e. The Kier molecular flexibility index (Phi) is 5.46. The number of fused-ring (bicyclic) bond motifs is 1. The summed E-state index contributed by atoms with van der Waals surface area (Å²) in [6.45, 7) is 0. The van der Waals surface area contributed by atoms with E-state index in [1.807, 2.05) is 0 Å². The van der Waals surface area contributed by atoms with Crippen LogP contribution in [-0.4, -0.2) is 30.5 Å². The summed E-state index contributed by atoms with van der Waals surface area (Å²) < 4.78 is 7.56. The number of halogens is 1. The molecule has 0 aliphatic heterocycles. The van der Waals surface area contributed by atoms with Crippen LogP contribution in [-0.2, 0) is 0 Å². The zero-order valence-corrected chi connectivity index (χ0v) is 17.7. The van der Waals surface area contributed by atoms with Crippen molar-refractivity contribution in [1.29, 1.82) is 0 Å². The van der Waals surface area contributed by atoms with Crippen molar-refractivity contribution in [3.05, 3.63) is 58.3 Å². The third-order valence-corrected chi connectivity index (χ3v) is 5.40. The van der Waals surface area contributed by atoms with E-state index in [1.54, 1.807) is 24.4 Å². The maximum Gasteiger partial charge on any atom is 0.260 e. The fraction of sp³-hybridized carbons (Fsp3) is 0. The number of aromatic amines is 1. The Hall–Kier alpha value is -2.60. The number of amides is 1. The lowest BCUT2D eigenvalue weighted by Crippen LogP contribution is -2.15. The van der Waals surface area contributed by atoms with Crippen LogP contribution < -0.4 is 10.1 Å². The molecule has 146 valence electrons. The summed E-state index contributed by atoms with van der Waals surface area (Å²) in [7, 11) is 0. The van der Waals surface area contributed by atoms with Crippen LogP contribution in [0, 0.1) is 4.64 Å². The quantitative estimate of drug-likeness (QED) is 0.264. The third kappa shape index (κ3) is 4.22. The Bertz CT molecular complexity index is 1310. The first-order chi connectivity index (χ1) is 13.9. The fourth-order valence-electron chi connectivity index (χ4n) is 2.51. The molecule has 0 saturated carbocycles. The molecule has 4 aromatic rings. The van der Waals surface area contributed by atoms with Crippen LogP contribution in [0.2, 0.25) is 5.02 Å². The first-order valence-electron chi connectivity index (χ1n) is 7.99. The molecule has 0 atom stereocenters. The number of H-pyrrole nitrogens is 1. The lowest BCUT2D eigenvalue weighted by molar-refractivity contribution is 0.102. The van der Waals surface area contributed by atoms with Gasteiger partial charge in [-0.1, -0.05) is 23.8 Å². The lowest BCUT2D eigenvalue weighted by Gasteiger charge is -2.11. The first-order valence-corrected chi connectivity index (χ1v) is 9.67. The number of nitrogens with one attached hydrogen (secondary N) is 2. The van der Waals surface area contributed by atoms with Crippen molar-refractivity contribution in [3.63, 3.8) is 0 Å². The van der Waals surface area contributed by atoms with Crippen molar-refractivity contribution >= 4 is 66.4 Å². The highest BCUT2D eigenvalue weighted by molar-refractivity contribution is 7.84. The van der Waals surface area contributed by atoms with Crippen molar-refractivity contribution in [1.82, 2.24) is 24.6 Å². The minimum Gasteiger partial charge on any atom is -0.454 e. The molecule has 0 fully saturated rings. The Balaban J connectivity index is 1.70. The molecule has 4 aromatic heterocycles. The van der Waals surface area contributed by atoms with Crippen molar-refractivity contribution < 1.29 is 9.53 Å². The van der Waals surface area contributed by atoms with Crippen LogP contribution in [0.3, 0.4) is 0 Å². The normalized spacial score (nSPS) is 10.9. The van der Waals surface area contributed by atoms with Gasteiger partial charge in [0.25, 0.3) is 5.91 Å². The smallest absolute Gasteiger partial charge is 0.260 e. The van der Waals surface area contributed by atoms with Gasteiger partial charge in [0.2, 0.25) is 0 Å². The van der Waals surface area contributed by atoms with E-state index in [0.29, 0.717) is 42.4 Å². The van der Waals surface area contributed by atoms with Gasteiger partial charge in [0.15, 0.2) is 5.65 Å². The number of aromatic nitrogens is 5. The van der Waals surface area contributed by atoms with Gasteiger partial charge >= 0.3 is 0 Å². The van der Waals surface area contributed by atoms with Crippen LogP contribution in [0.25, 0.3) is 5.65 Å². The molecule has 4 rings (SSSR count). The Labute approximate surface area is 185 Å². The van der Waals surface area contributed by atoms with Gasteiger partial charge < -0.3 is 15.0 Å². The number of hydrogen-bond donors (Lipinski definition) is 4. The molecule has 0 unspecified atom stereocenters. The number of thiol groups is 2. The number of hydrogen-bond acceptors (Lipinski definition) is 8. The molecule has 1 amide bonds. The maximum atomic E-state index is 12.9. The molecule has 0 aliphatic carbocycles. The van der Waals surface area contributed by atoms with Crippen LogP contribution in [0.5, 0.6) is 11.5 Å². The second-order valence-corrected chi connectivity index (χ2v) is 7.53. The van der Waals surface area contributed by atoms with E-state index in [9.17, 15) is 4.79 Å². The van der Waals surface area contributed by atoms with E-state index in [4.69, 9.17) is 28.6 Å². The minimum atomic E-state index is -0.442. The molecular formula is C17H11ClN6O2S3. The molecule has 0 aliphatic rings. The van der Waals surface area contributed by atoms with Gasteiger partial charge in [-0.3, -0.25) is 9.78 Å². The number of carbonyl (C=O) groups excluding carboxylic acids is 1. The number of ether oxygens (including phenoxy) is 1. The zero-order valence-electron chi connectivity index (χ0n) is 14.3. The average Bonchev–Trinajstić information content (AvgIpc) is 3.14. The van der Waals surface area contributed by atoms with E-state index in [-0.39, 0.29) is 5.56 Å². The molecule has 2 N–H and O–H groups in total. The van der Waals surface area contributed by atoms with Crippen LogP contribution in [0.4, 0.5) is 5.82 Å². The van der Waals surface area contributed by atoms with E-state index in [1.165, 1.54) is 23.2 Å². The van der Waals surface area contributed by atoms with Crippen LogP contribution in [0.15, 0.2) is 52.9 Å². The van der Waals surface area contributed by atoms with Crippen LogP contribution >= 0.6 is 49.1 Å². The van der Waals surface area contributed by atoms with E-state index < -0.39 is 5.91 Å². The summed E-state index contributed by atoms with van der Waals surface area (Å²) in [6, 6.07) is 4.76. The molecule has 0 radical (unpaired) electrons. The van der Waals surface area contributed by atoms with Crippen molar-refractivity contribution in [3.8, 4) is 11.5 Å². The number of nitrogens with zero attached hydrogens (tertiary/aromatic N) is 4. The van der Waals surface area contributed by atoms with Gasteiger partial charge in [0, 0.05) is 17.2 Å². The number of pyridine rings is 3. The van der Waals surface area contributed by atoms with Gasteiger partial charge in [-0.25, -0.2) is 9.50 Å². The predicted octanol–water partition coefficient (Wildman–Crippen LogP) is 4.46. The molecule has 0 aromatic carbocycles. The highest BCUT2D eigenvalue weighted by atomic mass is 35.5. The Morgan fingerprint density at radius 3 is 2.83 bits per heavy atom. The van der Waals surface area contributed by atoms with Crippen molar-refractivity contribution in [2.24, 2.45) is 0 Å². The van der Waals surface area contributed by atoms with E-state index >= 15 is 0 Å². The van der Waals surface area contributed by atoms with E-state index in [2.05, 4.69) is 50.6 Å². The maximum absolute atomic E-state index is 12.9. The van der Waals surface area contributed by atoms with Gasteiger partial charge in [-0.05, 0) is 12.1 Å². The second-order valence-electron chi connectivity index (χ2n) is 5.76. The highest BCUT2D eigenvalue weighted by Crippen LogP contribution is 2.26. The van der Waals surface area contributed by atoms with Gasteiger partial charge in [-0.15, -0.1) is 25.3 Å². The number of rotatable bonds is 4. The molecule has 29 heavy (non-hydrogen) atoms. The standard InChI is InChI=1S/C17H11ClN6O2S3/c18-8-1-9(5-19-4-8)26-10-2-11(15-20-7-21-24(15)6-10)16(25)22-13-3-12(27)14(28)17(29)23-13/h1-7,28H,(H3,22,23,25,27,29). The number of anilines is 1. The minimum absolute atomic E-state index is 0.241. The van der Waals surface area contributed by atoms with Gasteiger partial charge in [0.1, 0.15) is 28.3 Å². The SMILES string of the molecule is O=C(Nc1cc(S)c(S)c(=S)[nH]1)c1cc(Oc2cncc(Cl)c2)cn2ncnc12. The lowest BCUT2D eigenvalue weighted by atomic mass is 10.2. The topological polar surface area (TPSA) is 97.2 Å². The third-order valence-electron chi connectivity index (χ3n) is 3.75. The first kappa shape index (κ1) is 19.7. The van der Waals surface area contributed by atoms with Crippen molar-refractivity contribution in [2.45, 2.75) is 9.79 Å². The Morgan fingerprint density at radius 1 is 1.24 bits per heavy atom. The molecule has 4 heterocycles. The van der Waals surface area contributed by atoms with E-state index in [0.717, 1.165) is 0 Å². The summed E-state index contributed by atoms with van der Waals surface area (Å²) in [5.41, 5.74) is 0.597. The van der Waals surface area contributed by atoms with Gasteiger partial charge in [0.05, 0.1) is 27.9 Å². The average molecular weight is 463 g/mol. The highest BCUT2D eigenvalue weighted by Gasteiger charge is 2.16. The zero-order chi connectivity index (χ0) is 20.5. The predicted molar refractivity (Wildman–Crippen MR) is 116 cm³/mol. The monoisotopic (exact) mass is 462 g/mol. The second kappa shape index (κ2) is 8.03. The molecule has 0 saturated heterocycles. The molecule has 0 spiro atoms. The van der Waals surface area contributed by atoms with Gasteiger partial charge in [-0.2, -0.15) is 5.10 Å². The van der Waals surface area contributed by atoms with Crippen LogP contribution in [0.1, 0.15) is 10.4 Å². The summed E-state index contributed by atoms with van der Waals surface area (Å²) >= 11 is 19.7. The molecule has 12 heteroatoms. The fourth-order valence-corrected chi connectivity index (χ4v) is 3.33. The summed E-state index contributed by atoms with van der Waals surface area (Å²) in [4.78, 5) is 25.0. The summed E-state index contributed by atoms with van der Waals surface area (Å²) in [6.07, 6.45) is 5.93. The molecule has 8 nitrogen and oxygen atoms in total. The Morgan fingerprint density at radius 2 is 2.07 bits per heavy atom. The number of carbonyl (C=O) groups is 1. The summed E-state index contributed by atoms with van der Waals surface area (Å²) in [5.74, 6) is 0.691. The molecule has 0 bridgehead atoms. The molecular weight excluding hydrogens is 452 g/mol. The summed E-state index contributed by atoms with van der Waals surface area (Å²) in [5, 5.41) is 7.24.